The number of nitrogens with zero attached hydrogens (tertiary/aromatic N) is 2. The summed E-state index contributed by atoms with van der Waals surface area (Å²) in [4.78, 5) is 6.58. The van der Waals surface area contributed by atoms with Crippen LogP contribution in [0.3, 0.4) is 0 Å². The van der Waals surface area contributed by atoms with E-state index >= 15 is 0 Å². The van der Waals surface area contributed by atoms with Crippen molar-refractivity contribution < 1.29 is 12.8 Å². The molecule has 8 heteroatoms. The minimum atomic E-state index is -3.27. The van der Waals surface area contributed by atoms with Gasteiger partial charge < -0.3 is 14.6 Å². The fourth-order valence-electron chi connectivity index (χ4n) is 2.72. The molecule has 0 radical (unpaired) electrons. The Hall–Kier alpha value is -1.80. The number of hydrogen-bond donors (Lipinski definition) is 2. The molecule has 1 aliphatic heterocycles. The highest BCUT2D eigenvalue weighted by atomic mass is 32.2. The van der Waals surface area contributed by atoms with Crippen LogP contribution in [0, 0.1) is 0 Å². The molecule has 1 atom stereocenters. The second-order valence-electron chi connectivity index (χ2n) is 6.25. The van der Waals surface area contributed by atoms with E-state index < -0.39 is 15.3 Å². The molecular weight excluding hydrogens is 340 g/mol. The summed E-state index contributed by atoms with van der Waals surface area (Å²) in [6.07, 6.45) is 3.00. The lowest BCUT2D eigenvalue weighted by Crippen LogP contribution is -2.43. The smallest absolute Gasteiger partial charge is 0.216 e. The molecule has 1 aromatic heterocycles. The van der Waals surface area contributed by atoms with E-state index in [9.17, 15) is 8.42 Å². The van der Waals surface area contributed by atoms with Gasteiger partial charge >= 0.3 is 0 Å². The highest BCUT2D eigenvalue weighted by Gasteiger charge is 2.33. The van der Waals surface area contributed by atoms with Crippen LogP contribution in [0.25, 0.3) is 0 Å². The van der Waals surface area contributed by atoms with Crippen molar-refractivity contribution >= 4 is 16.0 Å². The van der Waals surface area contributed by atoms with Gasteiger partial charge in [0.1, 0.15) is 5.76 Å². The Morgan fingerprint density at radius 1 is 1.52 bits per heavy atom. The molecule has 0 spiro atoms. The number of guanidine groups is 1. The first-order chi connectivity index (χ1) is 11.9. The minimum Gasteiger partial charge on any atom is -0.469 e. The minimum absolute atomic E-state index is 0.408. The number of sulfonamides is 1. The third kappa shape index (κ3) is 5.89. The lowest BCUT2D eigenvalue weighted by atomic mass is 10.3. The van der Waals surface area contributed by atoms with Gasteiger partial charge in [-0.15, -0.1) is 0 Å². The lowest BCUT2D eigenvalue weighted by Gasteiger charge is -2.22. The molecule has 2 rings (SSSR count). The number of aliphatic imine (C=N–C) groups is 1. The molecule has 0 amide bonds. The zero-order valence-electron chi connectivity index (χ0n) is 15.0. The maximum Gasteiger partial charge on any atom is 0.216 e. The summed E-state index contributed by atoms with van der Waals surface area (Å²) in [6, 6.07) is 3.79. The van der Waals surface area contributed by atoms with Gasteiger partial charge in [-0.05, 0) is 25.5 Å². The summed E-state index contributed by atoms with van der Waals surface area (Å²) in [5.41, 5.74) is 0.960. The van der Waals surface area contributed by atoms with Crippen molar-refractivity contribution in [3.05, 3.63) is 36.3 Å². The number of rotatable bonds is 8. The molecular formula is C17H28N4O3S. The first-order valence-electron chi connectivity index (χ1n) is 8.61. The largest absolute Gasteiger partial charge is 0.469 e. The average molecular weight is 369 g/mol. The molecule has 1 aromatic rings. The van der Waals surface area contributed by atoms with Crippen LogP contribution in [0.2, 0.25) is 0 Å². The molecule has 0 saturated carbocycles. The Bertz CT molecular complexity index is 683. The molecule has 0 aliphatic carbocycles. The number of hydrogen-bond acceptors (Lipinski definition) is 4. The maximum absolute atomic E-state index is 12.2. The summed E-state index contributed by atoms with van der Waals surface area (Å²) in [5, 5.41) is 2.91. The topological polar surface area (TPSA) is 86.9 Å². The van der Waals surface area contributed by atoms with E-state index in [0.29, 0.717) is 39.1 Å². The number of furan rings is 1. The first-order valence-corrected chi connectivity index (χ1v) is 10.2. The zero-order chi connectivity index (χ0) is 18.3. The van der Waals surface area contributed by atoms with Crippen molar-refractivity contribution in [2.75, 3.05) is 32.7 Å². The average Bonchev–Trinajstić information content (AvgIpc) is 3.22. The summed E-state index contributed by atoms with van der Waals surface area (Å²) in [7, 11) is -3.27. The van der Waals surface area contributed by atoms with E-state index in [1.807, 2.05) is 24.0 Å². The quantitative estimate of drug-likeness (QED) is 0.411. The van der Waals surface area contributed by atoms with Crippen LogP contribution in [-0.4, -0.2) is 57.3 Å². The predicted molar refractivity (Wildman–Crippen MR) is 100 cm³/mol. The molecule has 7 nitrogen and oxygen atoms in total. The standard InChI is InChI=1S/C17H28N4O3S/c1-4-20-25(22,23)16-8-10-21(13-16)17(19-12-14(2)3)18-9-7-15-6-5-11-24-15/h5-6,11,16,20H,2,4,7-10,12-13H2,1,3H3,(H,18,19). The van der Waals surface area contributed by atoms with Crippen molar-refractivity contribution in [3.63, 3.8) is 0 Å². The predicted octanol–water partition coefficient (Wildman–Crippen LogP) is 1.36. The second-order valence-corrected chi connectivity index (χ2v) is 8.30. The van der Waals surface area contributed by atoms with Gasteiger partial charge in [0.2, 0.25) is 10.0 Å². The van der Waals surface area contributed by atoms with Crippen LogP contribution in [0.5, 0.6) is 0 Å². The van der Waals surface area contributed by atoms with Crippen molar-refractivity contribution in [2.45, 2.75) is 31.9 Å². The summed E-state index contributed by atoms with van der Waals surface area (Å²) >= 11 is 0. The third-order valence-electron chi connectivity index (χ3n) is 3.96. The lowest BCUT2D eigenvalue weighted by molar-refractivity contribution is 0.479. The molecule has 1 aliphatic rings. The Morgan fingerprint density at radius 3 is 2.96 bits per heavy atom. The molecule has 25 heavy (non-hydrogen) atoms. The maximum atomic E-state index is 12.2. The van der Waals surface area contributed by atoms with Crippen LogP contribution in [0.1, 0.15) is 26.0 Å². The molecule has 0 aromatic carbocycles. The fourth-order valence-corrected chi connectivity index (χ4v) is 4.15. The Balaban J connectivity index is 1.98. The first kappa shape index (κ1) is 19.5. The molecule has 140 valence electrons. The van der Waals surface area contributed by atoms with Crippen molar-refractivity contribution in [3.8, 4) is 0 Å². The summed E-state index contributed by atoms with van der Waals surface area (Å²) < 4.78 is 32.4. The molecule has 2 N–H and O–H groups in total. The van der Waals surface area contributed by atoms with E-state index in [1.165, 1.54) is 0 Å². The van der Waals surface area contributed by atoms with E-state index in [1.54, 1.807) is 13.2 Å². The van der Waals surface area contributed by atoms with Gasteiger partial charge in [0.25, 0.3) is 0 Å². The van der Waals surface area contributed by atoms with E-state index in [2.05, 4.69) is 21.6 Å². The van der Waals surface area contributed by atoms with E-state index in [4.69, 9.17) is 4.42 Å². The molecule has 0 bridgehead atoms. The monoisotopic (exact) mass is 368 g/mol. The van der Waals surface area contributed by atoms with E-state index in [0.717, 1.165) is 23.7 Å². The van der Waals surface area contributed by atoms with Crippen LogP contribution < -0.4 is 10.0 Å². The Morgan fingerprint density at radius 2 is 2.32 bits per heavy atom. The van der Waals surface area contributed by atoms with Gasteiger partial charge in [-0.3, -0.25) is 0 Å². The molecule has 1 fully saturated rings. The van der Waals surface area contributed by atoms with Gasteiger partial charge in [0.05, 0.1) is 18.1 Å². The Labute approximate surface area is 150 Å². The van der Waals surface area contributed by atoms with Crippen molar-refractivity contribution in [1.82, 2.24) is 14.9 Å². The highest BCUT2D eigenvalue weighted by molar-refractivity contribution is 7.90. The van der Waals surface area contributed by atoms with Gasteiger partial charge in [-0.1, -0.05) is 19.1 Å². The summed E-state index contributed by atoms with van der Waals surface area (Å²) in [6.45, 7) is 10.3. The number of likely N-dealkylation sites (tertiary alicyclic amines) is 1. The van der Waals surface area contributed by atoms with Crippen LogP contribution in [0.15, 0.2) is 40.0 Å². The molecule has 2 heterocycles. The fraction of sp³-hybridized carbons (Fsp3) is 0.588. The van der Waals surface area contributed by atoms with Gasteiger partial charge in [-0.2, -0.15) is 0 Å². The van der Waals surface area contributed by atoms with Crippen LogP contribution in [0.4, 0.5) is 0 Å². The van der Waals surface area contributed by atoms with Crippen LogP contribution in [-0.2, 0) is 16.4 Å². The van der Waals surface area contributed by atoms with Crippen LogP contribution >= 0.6 is 0 Å². The normalized spacial score (nSPS) is 18.6. The third-order valence-corrected chi connectivity index (χ3v) is 5.92. The van der Waals surface area contributed by atoms with E-state index in [-0.39, 0.29) is 0 Å². The zero-order valence-corrected chi connectivity index (χ0v) is 15.8. The van der Waals surface area contributed by atoms with Crippen molar-refractivity contribution in [1.29, 1.82) is 0 Å². The van der Waals surface area contributed by atoms with Gasteiger partial charge in [0, 0.05) is 32.6 Å². The van der Waals surface area contributed by atoms with Gasteiger partial charge in [-0.25, -0.2) is 18.1 Å². The second kappa shape index (κ2) is 9.05. The highest BCUT2D eigenvalue weighted by Crippen LogP contribution is 2.16. The van der Waals surface area contributed by atoms with Crippen molar-refractivity contribution in [2.24, 2.45) is 4.99 Å². The van der Waals surface area contributed by atoms with Gasteiger partial charge in [0.15, 0.2) is 5.96 Å². The summed E-state index contributed by atoms with van der Waals surface area (Å²) in [5.74, 6) is 1.63. The SMILES string of the molecule is C=C(C)CN=C(NCCc1ccco1)N1CCC(S(=O)(=O)NCC)C1. The Kier molecular flexibility index (Phi) is 7.07. The number of nitrogens with one attached hydrogen (secondary N) is 2. The molecule has 1 saturated heterocycles. The molecule has 1 unspecified atom stereocenters.